The minimum absolute atomic E-state index is 0.0850. The lowest BCUT2D eigenvalue weighted by Crippen LogP contribution is -2.44. The van der Waals surface area contributed by atoms with Crippen molar-refractivity contribution >= 4 is 49.3 Å². The lowest BCUT2D eigenvalue weighted by Gasteiger charge is -2.17. The smallest absolute Gasteiger partial charge is 0.416 e. The van der Waals surface area contributed by atoms with Crippen LogP contribution in [-0.2, 0) is 21.0 Å². The highest BCUT2D eigenvalue weighted by Gasteiger charge is 2.30. The Bertz CT molecular complexity index is 1860. The van der Waals surface area contributed by atoms with E-state index in [0.717, 1.165) is 22.6 Å². The second kappa shape index (κ2) is 10.0. The predicted molar refractivity (Wildman–Crippen MR) is 147 cm³/mol. The summed E-state index contributed by atoms with van der Waals surface area (Å²) in [5.74, 6) is -1.72. The second-order valence-corrected chi connectivity index (χ2v) is 12.4. The molecule has 5 aromatic rings. The zero-order chi connectivity index (χ0) is 29.0. The van der Waals surface area contributed by atoms with E-state index in [2.05, 4.69) is 9.71 Å². The first-order valence-electron chi connectivity index (χ1n) is 12.1. The van der Waals surface area contributed by atoms with E-state index in [-0.39, 0.29) is 4.90 Å². The molecule has 5 rings (SSSR count). The largest absolute Gasteiger partial charge is 0.480 e. The molecular formula is C28H23F3N2O5S2. The maximum Gasteiger partial charge on any atom is 0.416 e. The number of aliphatic carboxylic acids is 1. The molecule has 0 spiro atoms. The number of sulfonamides is 1. The van der Waals surface area contributed by atoms with Crippen LogP contribution in [0.5, 0.6) is 0 Å². The third-order valence-electron chi connectivity index (χ3n) is 6.49. The summed E-state index contributed by atoms with van der Waals surface area (Å²) < 4.78 is 72.9. The number of rotatable bonds is 7. The van der Waals surface area contributed by atoms with Gasteiger partial charge in [0.2, 0.25) is 10.0 Å². The highest BCUT2D eigenvalue weighted by atomic mass is 32.2. The zero-order valence-electron chi connectivity index (χ0n) is 21.4. The van der Waals surface area contributed by atoms with Gasteiger partial charge in [0.1, 0.15) is 22.2 Å². The summed E-state index contributed by atoms with van der Waals surface area (Å²) in [6.07, 6.45) is -4.42. The molecule has 2 aromatic heterocycles. The van der Waals surface area contributed by atoms with Gasteiger partial charge in [0.25, 0.3) is 0 Å². The monoisotopic (exact) mass is 588 g/mol. The highest BCUT2D eigenvalue weighted by Crippen LogP contribution is 2.39. The van der Waals surface area contributed by atoms with Crippen LogP contribution in [0.1, 0.15) is 25.1 Å². The number of alkyl halides is 3. The SMILES string of the molecule is Cc1nc(-c2ccc(C(F)(F)F)cc2)sc1-c1ccc2c(c1)oc1ccc(S(=O)(=O)N[C@@H](C(=O)O)C(C)C)cc12. The Kier molecular flexibility index (Phi) is 6.97. The molecule has 0 aliphatic rings. The van der Waals surface area contributed by atoms with Crippen LogP contribution in [0.4, 0.5) is 13.2 Å². The van der Waals surface area contributed by atoms with Crippen LogP contribution < -0.4 is 4.72 Å². The molecule has 0 saturated heterocycles. The summed E-state index contributed by atoms with van der Waals surface area (Å²) >= 11 is 1.34. The van der Waals surface area contributed by atoms with Crippen LogP contribution in [0.15, 0.2) is 70.0 Å². The Hall–Kier alpha value is -3.74. The zero-order valence-corrected chi connectivity index (χ0v) is 23.0. The van der Waals surface area contributed by atoms with Crippen molar-refractivity contribution in [1.82, 2.24) is 9.71 Å². The molecule has 12 heteroatoms. The Balaban J connectivity index is 1.49. The number of hydrogen-bond donors (Lipinski definition) is 2. The molecule has 0 aliphatic carbocycles. The molecule has 2 heterocycles. The molecule has 0 unspecified atom stereocenters. The number of furan rings is 1. The van der Waals surface area contributed by atoms with Gasteiger partial charge in [-0.15, -0.1) is 11.3 Å². The first-order chi connectivity index (χ1) is 18.7. The lowest BCUT2D eigenvalue weighted by molar-refractivity contribution is -0.140. The number of carboxylic acid groups (broad SMARTS) is 1. The van der Waals surface area contributed by atoms with Gasteiger partial charge in [0.15, 0.2) is 0 Å². The van der Waals surface area contributed by atoms with Crippen LogP contribution in [0.2, 0.25) is 0 Å². The molecule has 2 N–H and O–H groups in total. The van der Waals surface area contributed by atoms with Crippen LogP contribution in [0.25, 0.3) is 43.0 Å². The minimum Gasteiger partial charge on any atom is -0.480 e. The standard InChI is InChI=1S/C28H23F3N2O5S2/c1-14(2)24(27(34)35)33-40(36,37)19-9-11-22-21(13-19)20-10-6-17(12-23(20)38-22)25-15(3)32-26(39-25)16-4-7-18(8-5-16)28(29,30)31/h4-14,24,33H,1-3H3,(H,34,35)/t24-/m1/s1. The number of halogens is 3. The number of thiazole rings is 1. The highest BCUT2D eigenvalue weighted by molar-refractivity contribution is 7.89. The van der Waals surface area contributed by atoms with E-state index < -0.39 is 39.7 Å². The molecule has 40 heavy (non-hydrogen) atoms. The van der Waals surface area contributed by atoms with Crippen molar-refractivity contribution in [3.05, 3.63) is 71.9 Å². The van der Waals surface area contributed by atoms with Gasteiger partial charge in [-0.25, -0.2) is 13.4 Å². The van der Waals surface area contributed by atoms with Crippen molar-refractivity contribution in [3.63, 3.8) is 0 Å². The van der Waals surface area contributed by atoms with E-state index in [1.54, 1.807) is 26.0 Å². The molecule has 0 fully saturated rings. The van der Waals surface area contributed by atoms with E-state index in [4.69, 9.17) is 4.42 Å². The van der Waals surface area contributed by atoms with E-state index in [0.29, 0.717) is 38.2 Å². The van der Waals surface area contributed by atoms with E-state index in [1.165, 1.54) is 41.7 Å². The van der Waals surface area contributed by atoms with Crippen molar-refractivity contribution in [3.8, 4) is 21.0 Å². The number of hydrogen-bond acceptors (Lipinski definition) is 6. The fraction of sp³-hybridized carbons (Fsp3) is 0.214. The number of aromatic nitrogens is 1. The Morgan fingerprint density at radius 1 is 0.975 bits per heavy atom. The van der Waals surface area contributed by atoms with Crippen molar-refractivity contribution in [2.24, 2.45) is 5.92 Å². The Labute approximate surface area is 231 Å². The number of fused-ring (bicyclic) bond motifs is 3. The third kappa shape index (κ3) is 5.21. The summed E-state index contributed by atoms with van der Waals surface area (Å²) in [6, 6.07) is 13.3. The first kappa shape index (κ1) is 27.8. The number of carbonyl (C=O) groups is 1. The van der Waals surface area contributed by atoms with Gasteiger partial charge in [-0.2, -0.15) is 17.9 Å². The van der Waals surface area contributed by atoms with Gasteiger partial charge < -0.3 is 9.52 Å². The molecule has 1 atom stereocenters. The minimum atomic E-state index is -4.42. The number of nitrogens with one attached hydrogen (secondary N) is 1. The van der Waals surface area contributed by atoms with E-state index in [9.17, 15) is 31.5 Å². The number of aryl methyl sites for hydroxylation is 1. The van der Waals surface area contributed by atoms with Crippen molar-refractivity contribution in [2.45, 2.75) is 37.9 Å². The molecule has 7 nitrogen and oxygen atoms in total. The van der Waals surface area contributed by atoms with E-state index >= 15 is 0 Å². The summed E-state index contributed by atoms with van der Waals surface area (Å²) in [7, 11) is -4.12. The maximum atomic E-state index is 13.0. The summed E-state index contributed by atoms with van der Waals surface area (Å²) in [5.41, 5.74) is 2.29. The van der Waals surface area contributed by atoms with Gasteiger partial charge in [-0.05, 0) is 60.9 Å². The number of benzene rings is 3. The average Bonchev–Trinajstić information content (AvgIpc) is 3.46. The first-order valence-corrected chi connectivity index (χ1v) is 14.4. The lowest BCUT2D eigenvalue weighted by atomic mass is 10.1. The average molecular weight is 589 g/mol. The molecule has 0 aliphatic heterocycles. The fourth-order valence-electron chi connectivity index (χ4n) is 4.36. The molecule has 0 radical (unpaired) electrons. The molecule has 3 aromatic carbocycles. The Morgan fingerprint density at radius 2 is 1.65 bits per heavy atom. The predicted octanol–water partition coefficient (Wildman–Crippen LogP) is 7.09. The van der Waals surface area contributed by atoms with Crippen molar-refractivity contribution in [2.75, 3.05) is 0 Å². The van der Waals surface area contributed by atoms with Gasteiger partial charge in [-0.1, -0.05) is 32.0 Å². The molecule has 0 bridgehead atoms. The Morgan fingerprint density at radius 3 is 2.27 bits per heavy atom. The third-order valence-corrected chi connectivity index (χ3v) is 9.18. The topological polar surface area (TPSA) is 110 Å². The normalized spacial score (nSPS) is 13.4. The second-order valence-electron chi connectivity index (χ2n) is 9.66. The fourth-order valence-corrected chi connectivity index (χ4v) is 6.79. The molecule has 208 valence electrons. The van der Waals surface area contributed by atoms with Crippen molar-refractivity contribution in [1.29, 1.82) is 0 Å². The van der Waals surface area contributed by atoms with Crippen molar-refractivity contribution < 1.29 is 35.9 Å². The van der Waals surface area contributed by atoms with Gasteiger partial charge in [0.05, 0.1) is 21.0 Å². The molecular weight excluding hydrogens is 565 g/mol. The van der Waals surface area contributed by atoms with Crippen LogP contribution in [0.3, 0.4) is 0 Å². The quantitative estimate of drug-likeness (QED) is 0.210. The molecule has 0 amide bonds. The van der Waals surface area contributed by atoms with E-state index in [1.807, 2.05) is 13.0 Å². The molecule has 0 saturated carbocycles. The number of nitrogens with zero attached hydrogens (tertiary/aromatic N) is 1. The maximum absolute atomic E-state index is 13.0. The van der Waals surface area contributed by atoms with Crippen LogP contribution in [0, 0.1) is 12.8 Å². The van der Waals surface area contributed by atoms with Gasteiger partial charge in [0, 0.05) is 16.3 Å². The van der Waals surface area contributed by atoms with Gasteiger partial charge in [-0.3, -0.25) is 4.79 Å². The van der Waals surface area contributed by atoms with Crippen LogP contribution >= 0.6 is 11.3 Å². The number of carboxylic acids is 1. The summed E-state index contributed by atoms with van der Waals surface area (Å²) in [6.45, 7) is 5.04. The van der Waals surface area contributed by atoms with Crippen LogP contribution in [-0.4, -0.2) is 30.5 Å². The summed E-state index contributed by atoms with van der Waals surface area (Å²) in [4.78, 5) is 16.8. The summed E-state index contributed by atoms with van der Waals surface area (Å²) in [5, 5.41) is 11.2. The van der Waals surface area contributed by atoms with Gasteiger partial charge >= 0.3 is 12.1 Å².